The Kier molecular flexibility index (Phi) is 5.77. The van der Waals surface area contributed by atoms with Crippen LogP contribution in [-0.4, -0.2) is 54.6 Å². The van der Waals surface area contributed by atoms with Crippen LogP contribution in [0, 0.1) is 0 Å². The zero-order valence-corrected chi connectivity index (χ0v) is 19.5. The minimum Gasteiger partial charge on any atom is -0.454 e. The lowest BCUT2D eigenvalue weighted by molar-refractivity contribution is -0.131. The average Bonchev–Trinajstić information content (AvgIpc) is 3.43. The van der Waals surface area contributed by atoms with Gasteiger partial charge < -0.3 is 19.3 Å². The molecule has 174 valence electrons. The van der Waals surface area contributed by atoms with Crippen molar-refractivity contribution in [2.45, 2.75) is 50.9 Å². The molecular weight excluding hydrogens is 416 g/mol. The van der Waals surface area contributed by atoms with E-state index in [1.807, 2.05) is 35.8 Å². The van der Waals surface area contributed by atoms with E-state index in [4.69, 9.17) is 9.47 Å². The smallest absolute Gasteiger partial charge is 0.253 e. The molecule has 2 amide bonds. The number of carbonyl (C=O) groups excluding carboxylic acids is 2. The van der Waals surface area contributed by atoms with Gasteiger partial charge in [0.1, 0.15) is 0 Å². The first-order chi connectivity index (χ1) is 16.0. The zero-order valence-electron chi connectivity index (χ0n) is 19.5. The van der Waals surface area contributed by atoms with E-state index in [1.165, 1.54) is 11.1 Å². The fourth-order valence-corrected chi connectivity index (χ4v) is 5.95. The second-order valence-corrected chi connectivity index (χ2v) is 9.40. The highest BCUT2D eigenvalue weighted by Crippen LogP contribution is 2.53. The predicted octanol–water partition coefficient (Wildman–Crippen LogP) is 4.34. The molecular formula is C27H32N2O4. The molecule has 1 spiro atoms. The Hall–Kier alpha value is -3.02. The number of ether oxygens (including phenoxy) is 2. The van der Waals surface area contributed by atoms with Gasteiger partial charge in [0, 0.05) is 38.2 Å². The molecule has 2 aliphatic heterocycles. The Morgan fingerprint density at radius 2 is 1.76 bits per heavy atom. The summed E-state index contributed by atoms with van der Waals surface area (Å²) in [6.07, 6.45) is 3.41. The monoisotopic (exact) mass is 448 g/mol. The van der Waals surface area contributed by atoms with Crippen LogP contribution >= 0.6 is 0 Å². The van der Waals surface area contributed by atoms with E-state index in [0.29, 0.717) is 23.5 Å². The van der Waals surface area contributed by atoms with Crippen molar-refractivity contribution in [1.29, 1.82) is 0 Å². The summed E-state index contributed by atoms with van der Waals surface area (Å²) in [5.74, 6) is 1.87. The van der Waals surface area contributed by atoms with Gasteiger partial charge in [0.15, 0.2) is 11.5 Å². The lowest BCUT2D eigenvalue weighted by atomic mass is 9.73. The van der Waals surface area contributed by atoms with Crippen molar-refractivity contribution in [1.82, 2.24) is 9.80 Å². The van der Waals surface area contributed by atoms with Gasteiger partial charge in [-0.3, -0.25) is 9.59 Å². The minimum atomic E-state index is 0.0442. The van der Waals surface area contributed by atoms with Crippen LogP contribution in [0.25, 0.3) is 0 Å². The number of piperidine rings is 1. The summed E-state index contributed by atoms with van der Waals surface area (Å²) >= 11 is 0. The van der Waals surface area contributed by atoms with Crippen LogP contribution in [0.3, 0.4) is 0 Å². The molecule has 0 saturated carbocycles. The van der Waals surface area contributed by atoms with Gasteiger partial charge in [-0.1, -0.05) is 24.3 Å². The Balaban J connectivity index is 1.30. The molecule has 2 heterocycles. The first kappa shape index (κ1) is 21.8. The molecule has 5 rings (SSSR count). The van der Waals surface area contributed by atoms with Crippen molar-refractivity contribution in [3.05, 3.63) is 59.2 Å². The van der Waals surface area contributed by atoms with E-state index >= 15 is 0 Å². The summed E-state index contributed by atoms with van der Waals surface area (Å²) in [6, 6.07) is 14.1. The molecule has 3 aliphatic rings. The van der Waals surface area contributed by atoms with Crippen molar-refractivity contribution in [2.75, 3.05) is 33.0 Å². The normalized spacial score (nSPS) is 20.1. The number of hydrogen-bond acceptors (Lipinski definition) is 4. The highest BCUT2D eigenvalue weighted by Gasteiger charge is 2.46. The maximum Gasteiger partial charge on any atom is 0.253 e. The van der Waals surface area contributed by atoms with Crippen molar-refractivity contribution in [3.8, 4) is 11.5 Å². The van der Waals surface area contributed by atoms with E-state index in [2.05, 4.69) is 24.3 Å². The maximum atomic E-state index is 13.2. The number of fused-ring (bicyclic) bond motifs is 3. The topological polar surface area (TPSA) is 59.1 Å². The van der Waals surface area contributed by atoms with Gasteiger partial charge in [-0.15, -0.1) is 0 Å². The highest BCUT2D eigenvalue weighted by atomic mass is 16.7. The summed E-state index contributed by atoms with van der Waals surface area (Å²) in [5.41, 5.74) is 3.41. The standard InChI is InChI=1S/C27H32N2O4/c1-3-28(4-2)25(30)16-20-17-27(22-8-6-5-7-21(20)22)11-13-29(14-12-27)26(31)19-9-10-23-24(15-19)33-18-32-23/h5-10,15,20H,3-4,11-14,16-18H2,1-2H3. The fraction of sp³-hybridized carbons (Fsp3) is 0.481. The molecule has 33 heavy (non-hydrogen) atoms. The Labute approximate surface area is 195 Å². The van der Waals surface area contributed by atoms with Gasteiger partial charge in [-0.2, -0.15) is 0 Å². The van der Waals surface area contributed by atoms with E-state index < -0.39 is 0 Å². The Morgan fingerprint density at radius 3 is 2.52 bits per heavy atom. The van der Waals surface area contributed by atoms with E-state index in [0.717, 1.165) is 45.4 Å². The number of rotatable bonds is 5. The second-order valence-electron chi connectivity index (χ2n) is 9.40. The second kappa shape index (κ2) is 8.73. The quantitative estimate of drug-likeness (QED) is 0.683. The summed E-state index contributed by atoms with van der Waals surface area (Å²) in [7, 11) is 0. The van der Waals surface area contributed by atoms with Crippen LogP contribution in [-0.2, 0) is 10.2 Å². The lowest BCUT2D eigenvalue weighted by Gasteiger charge is -2.40. The third-order valence-electron chi connectivity index (χ3n) is 7.77. The third kappa shape index (κ3) is 3.85. The number of likely N-dealkylation sites (tertiary alicyclic amines) is 1. The van der Waals surface area contributed by atoms with Crippen LogP contribution in [0.15, 0.2) is 42.5 Å². The molecule has 6 nitrogen and oxygen atoms in total. The molecule has 1 aliphatic carbocycles. The van der Waals surface area contributed by atoms with Crippen LogP contribution in [0.2, 0.25) is 0 Å². The van der Waals surface area contributed by atoms with Gasteiger partial charge in [0.05, 0.1) is 0 Å². The van der Waals surface area contributed by atoms with Crippen molar-refractivity contribution in [2.24, 2.45) is 0 Å². The summed E-state index contributed by atoms with van der Waals surface area (Å²) in [6.45, 7) is 7.24. The SMILES string of the molecule is CCN(CC)C(=O)CC1CC2(CCN(C(=O)c3ccc4c(c3)OCO4)CC2)c2ccccc21. The Bertz CT molecular complexity index is 1050. The third-order valence-corrected chi connectivity index (χ3v) is 7.77. The zero-order chi connectivity index (χ0) is 23.0. The Morgan fingerprint density at radius 1 is 1.03 bits per heavy atom. The van der Waals surface area contributed by atoms with Crippen LogP contribution in [0.5, 0.6) is 11.5 Å². The van der Waals surface area contributed by atoms with Crippen LogP contribution in [0.1, 0.15) is 66.9 Å². The first-order valence-corrected chi connectivity index (χ1v) is 12.1. The first-order valence-electron chi connectivity index (χ1n) is 12.1. The van der Waals surface area contributed by atoms with Crippen molar-refractivity contribution >= 4 is 11.8 Å². The van der Waals surface area contributed by atoms with Crippen molar-refractivity contribution in [3.63, 3.8) is 0 Å². The van der Waals surface area contributed by atoms with Crippen LogP contribution in [0.4, 0.5) is 0 Å². The molecule has 0 bridgehead atoms. The molecule has 1 saturated heterocycles. The molecule has 2 aromatic rings. The highest BCUT2D eigenvalue weighted by molar-refractivity contribution is 5.95. The number of nitrogens with zero attached hydrogens (tertiary/aromatic N) is 2. The predicted molar refractivity (Wildman–Crippen MR) is 126 cm³/mol. The van der Waals surface area contributed by atoms with Gasteiger partial charge in [0.2, 0.25) is 12.7 Å². The van der Waals surface area contributed by atoms with E-state index in [9.17, 15) is 9.59 Å². The maximum absolute atomic E-state index is 13.2. The van der Waals surface area contributed by atoms with E-state index in [-0.39, 0.29) is 29.9 Å². The lowest BCUT2D eigenvalue weighted by Crippen LogP contribution is -2.44. The van der Waals surface area contributed by atoms with Crippen LogP contribution < -0.4 is 9.47 Å². The summed E-state index contributed by atoms with van der Waals surface area (Å²) in [4.78, 5) is 29.9. The number of carbonyl (C=O) groups is 2. The molecule has 6 heteroatoms. The molecule has 1 atom stereocenters. The summed E-state index contributed by atoms with van der Waals surface area (Å²) in [5, 5.41) is 0. The number of hydrogen-bond donors (Lipinski definition) is 0. The summed E-state index contributed by atoms with van der Waals surface area (Å²) < 4.78 is 10.8. The molecule has 0 radical (unpaired) electrons. The minimum absolute atomic E-state index is 0.0442. The average molecular weight is 449 g/mol. The van der Waals surface area contributed by atoms with Crippen molar-refractivity contribution < 1.29 is 19.1 Å². The molecule has 1 fully saturated rings. The van der Waals surface area contributed by atoms with Gasteiger partial charge in [-0.25, -0.2) is 0 Å². The molecule has 2 aromatic carbocycles. The number of benzene rings is 2. The molecule has 0 N–H and O–H groups in total. The molecule has 1 unspecified atom stereocenters. The van der Waals surface area contributed by atoms with Gasteiger partial charge in [0.25, 0.3) is 5.91 Å². The van der Waals surface area contributed by atoms with E-state index in [1.54, 1.807) is 6.07 Å². The largest absolute Gasteiger partial charge is 0.454 e. The van der Waals surface area contributed by atoms with Gasteiger partial charge >= 0.3 is 0 Å². The molecule has 0 aromatic heterocycles. The van der Waals surface area contributed by atoms with Gasteiger partial charge in [-0.05, 0) is 73.8 Å². The fourth-order valence-electron chi connectivity index (χ4n) is 5.95. The number of amides is 2.